The second kappa shape index (κ2) is 7.61. The summed E-state index contributed by atoms with van der Waals surface area (Å²) in [5.74, 6) is 0.812. The van der Waals surface area contributed by atoms with Gasteiger partial charge in [-0.1, -0.05) is 26.2 Å². The normalized spacial score (nSPS) is 32.4. The van der Waals surface area contributed by atoms with Crippen LogP contribution >= 0.6 is 0 Å². The Balaban J connectivity index is 1.96. The van der Waals surface area contributed by atoms with Gasteiger partial charge in [0.25, 0.3) is 0 Å². The smallest absolute Gasteiger partial charge is 0.0232 e. The minimum Gasteiger partial charge on any atom is -0.320 e. The van der Waals surface area contributed by atoms with Gasteiger partial charge in [-0.2, -0.15) is 0 Å². The molecule has 3 heteroatoms. The number of hydrogen-bond donors (Lipinski definition) is 1. The fourth-order valence-corrected chi connectivity index (χ4v) is 3.95. The van der Waals surface area contributed by atoms with Crippen LogP contribution in [-0.4, -0.2) is 62.2 Å². The predicted molar refractivity (Wildman–Crippen MR) is 82.6 cm³/mol. The topological polar surface area (TPSA) is 18.5 Å². The minimum absolute atomic E-state index is 0.735. The van der Waals surface area contributed by atoms with Crippen LogP contribution in [0.5, 0.6) is 0 Å². The Hall–Kier alpha value is -0.120. The maximum absolute atomic E-state index is 3.32. The van der Waals surface area contributed by atoms with Crippen LogP contribution in [0.3, 0.4) is 0 Å². The van der Waals surface area contributed by atoms with Crippen molar-refractivity contribution in [3.05, 3.63) is 0 Å². The van der Waals surface area contributed by atoms with Gasteiger partial charge in [-0.3, -0.25) is 4.90 Å². The Labute approximate surface area is 119 Å². The van der Waals surface area contributed by atoms with Crippen LogP contribution < -0.4 is 5.32 Å². The summed E-state index contributed by atoms with van der Waals surface area (Å²) in [6, 6.07) is 1.61. The summed E-state index contributed by atoms with van der Waals surface area (Å²) in [5.41, 5.74) is 0. The zero-order valence-electron chi connectivity index (χ0n) is 13.2. The van der Waals surface area contributed by atoms with Crippen molar-refractivity contribution in [2.45, 2.75) is 57.5 Å². The Kier molecular flexibility index (Phi) is 6.11. The summed E-state index contributed by atoms with van der Waals surface area (Å²) >= 11 is 0. The molecule has 3 nitrogen and oxygen atoms in total. The van der Waals surface area contributed by atoms with Crippen molar-refractivity contribution in [1.82, 2.24) is 15.1 Å². The van der Waals surface area contributed by atoms with E-state index in [0.717, 1.165) is 24.5 Å². The summed E-state index contributed by atoms with van der Waals surface area (Å²) < 4.78 is 0. The highest BCUT2D eigenvalue weighted by Crippen LogP contribution is 2.26. The highest BCUT2D eigenvalue weighted by atomic mass is 15.2. The van der Waals surface area contributed by atoms with Crippen LogP contribution in [0.25, 0.3) is 0 Å². The number of hydrogen-bond acceptors (Lipinski definition) is 3. The quantitative estimate of drug-likeness (QED) is 0.842. The first kappa shape index (κ1) is 15.3. The summed E-state index contributed by atoms with van der Waals surface area (Å²) in [4.78, 5) is 5.43. The largest absolute Gasteiger partial charge is 0.320 e. The maximum atomic E-state index is 3.32. The molecule has 0 spiro atoms. The molecule has 2 fully saturated rings. The average Bonchev–Trinajstić information content (AvgIpc) is 2.56. The molecule has 0 aromatic heterocycles. The van der Waals surface area contributed by atoms with Gasteiger partial charge in [0, 0.05) is 31.7 Å². The lowest BCUT2D eigenvalue weighted by Gasteiger charge is -2.36. The van der Waals surface area contributed by atoms with E-state index in [-0.39, 0.29) is 0 Å². The van der Waals surface area contributed by atoms with Crippen molar-refractivity contribution in [2.24, 2.45) is 5.92 Å². The molecule has 0 radical (unpaired) electrons. The summed E-state index contributed by atoms with van der Waals surface area (Å²) in [7, 11) is 4.39. The third-order valence-corrected chi connectivity index (χ3v) is 5.03. The van der Waals surface area contributed by atoms with E-state index in [1.807, 2.05) is 0 Å². The molecule has 2 unspecified atom stereocenters. The first-order chi connectivity index (χ1) is 9.20. The van der Waals surface area contributed by atoms with Crippen molar-refractivity contribution < 1.29 is 0 Å². The molecule has 1 N–H and O–H groups in total. The van der Waals surface area contributed by atoms with E-state index in [2.05, 4.69) is 36.1 Å². The van der Waals surface area contributed by atoms with Gasteiger partial charge in [0.1, 0.15) is 0 Å². The second-order valence-electron chi connectivity index (χ2n) is 6.84. The van der Waals surface area contributed by atoms with E-state index in [0.29, 0.717) is 0 Å². The lowest BCUT2D eigenvalue weighted by atomic mass is 9.93. The van der Waals surface area contributed by atoms with Crippen molar-refractivity contribution in [3.63, 3.8) is 0 Å². The summed E-state index contributed by atoms with van der Waals surface area (Å²) in [5, 5.41) is 3.32. The monoisotopic (exact) mass is 267 g/mol. The number of nitrogens with one attached hydrogen (secondary N) is 1. The highest BCUT2D eigenvalue weighted by Gasteiger charge is 2.30. The van der Waals surface area contributed by atoms with Gasteiger partial charge in [0.05, 0.1) is 0 Å². The molecule has 112 valence electrons. The van der Waals surface area contributed by atoms with E-state index in [1.165, 1.54) is 58.2 Å². The maximum Gasteiger partial charge on any atom is 0.0232 e. The molecule has 1 saturated carbocycles. The van der Waals surface area contributed by atoms with Crippen LogP contribution in [0.15, 0.2) is 0 Å². The Morgan fingerprint density at radius 3 is 2.47 bits per heavy atom. The van der Waals surface area contributed by atoms with E-state index in [9.17, 15) is 0 Å². The molecule has 0 amide bonds. The van der Waals surface area contributed by atoms with Crippen molar-refractivity contribution in [2.75, 3.05) is 40.3 Å². The molecule has 2 rings (SSSR count). The number of likely N-dealkylation sites (N-methyl/N-ethyl adjacent to an activating group) is 1. The zero-order valence-corrected chi connectivity index (χ0v) is 13.2. The average molecular weight is 267 g/mol. The van der Waals surface area contributed by atoms with Crippen LogP contribution in [0.2, 0.25) is 0 Å². The van der Waals surface area contributed by atoms with Gasteiger partial charge in [-0.25, -0.2) is 0 Å². The molecule has 2 aliphatic rings. The third-order valence-electron chi connectivity index (χ3n) is 5.03. The van der Waals surface area contributed by atoms with Crippen molar-refractivity contribution in [1.29, 1.82) is 0 Å². The Morgan fingerprint density at radius 2 is 1.79 bits per heavy atom. The predicted octanol–water partition coefficient (Wildman–Crippen LogP) is 2.18. The lowest BCUT2D eigenvalue weighted by Crippen LogP contribution is -2.45. The van der Waals surface area contributed by atoms with Crippen LogP contribution in [0.4, 0.5) is 0 Å². The standard InChI is InChI=1S/C16H33N3/c1-14-11-18(3)16(9-10-17-2)13-19(12-14)15-7-5-4-6-8-15/h14-17H,4-13H2,1-3H3. The van der Waals surface area contributed by atoms with Gasteiger partial charge in [0.2, 0.25) is 0 Å². The van der Waals surface area contributed by atoms with Crippen molar-refractivity contribution >= 4 is 0 Å². The Bertz CT molecular complexity index is 250. The molecule has 1 aliphatic heterocycles. The van der Waals surface area contributed by atoms with Gasteiger partial charge in [0.15, 0.2) is 0 Å². The first-order valence-corrected chi connectivity index (χ1v) is 8.29. The van der Waals surface area contributed by atoms with E-state index < -0.39 is 0 Å². The van der Waals surface area contributed by atoms with E-state index >= 15 is 0 Å². The second-order valence-corrected chi connectivity index (χ2v) is 6.84. The fourth-order valence-electron chi connectivity index (χ4n) is 3.95. The van der Waals surface area contributed by atoms with Gasteiger partial charge in [-0.05, 0) is 45.8 Å². The highest BCUT2D eigenvalue weighted by molar-refractivity contribution is 4.86. The van der Waals surface area contributed by atoms with Crippen LogP contribution in [0, 0.1) is 5.92 Å². The molecule has 2 atom stereocenters. The van der Waals surface area contributed by atoms with E-state index in [1.54, 1.807) is 0 Å². The summed E-state index contributed by atoms with van der Waals surface area (Å²) in [6.45, 7) is 7.42. The molecule has 0 aromatic rings. The molecule has 1 aliphatic carbocycles. The fraction of sp³-hybridized carbons (Fsp3) is 1.00. The van der Waals surface area contributed by atoms with Crippen molar-refractivity contribution in [3.8, 4) is 0 Å². The van der Waals surface area contributed by atoms with Crippen LogP contribution in [-0.2, 0) is 0 Å². The Morgan fingerprint density at radius 1 is 1.05 bits per heavy atom. The number of rotatable bonds is 4. The van der Waals surface area contributed by atoms with E-state index in [4.69, 9.17) is 0 Å². The first-order valence-electron chi connectivity index (χ1n) is 8.29. The molecule has 19 heavy (non-hydrogen) atoms. The number of nitrogens with zero attached hydrogens (tertiary/aromatic N) is 2. The molecular weight excluding hydrogens is 234 g/mol. The SMILES string of the molecule is CNCCC1CN(C2CCCCC2)CC(C)CN1C. The summed E-state index contributed by atoms with van der Waals surface area (Å²) in [6.07, 6.45) is 8.52. The zero-order chi connectivity index (χ0) is 13.7. The van der Waals surface area contributed by atoms with Gasteiger partial charge < -0.3 is 10.2 Å². The molecule has 0 bridgehead atoms. The molecular formula is C16H33N3. The van der Waals surface area contributed by atoms with Crippen LogP contribution in [0.1, 0.15) is 45.4 Å². The minimum atomic E-state index is 0.735. The molecule has 0 aromatic carbocycles. The molecule has 1 heterocycles. The molecule has 1 saturated heterocycles. The van der Waals surface area contributed by atoms with Gasteiger partial charge in [-0.15, -0.1) is 0 Å². The third kappa shape index (κ3) is 4.44. The lowest BCUT2D eigenvalue weighted by molar-refractivity contribution is 0.129. The van der Waals surface area contributed by atoms with Gasteiger partial charge >= 0.3 is 0 Å².